The summed E-state index contributed by atoms with van der Waals surface area (Å²) in [7, 11) is 3.39. The Balaban J connectivity index is 0. The largest absolute Gasteiger partial charge is 0.249 e. The van der Waals surface area contributed by atoms with Crippen molar-refractivity contribution in [2.45, 2.75) is 32.7 Å². The molecular weight excluding hydrogens is 198 g/mol. The Labute approximate surface area is 90.1 Å². The van der Waals surface area contributed by atoms with E-state index in [9.17, 15) is 0 Å². The van der Waals surface area contributed by atoms with E-state index < -0.39 is 0 Å². The number of hydrogen-bond donors (Lipinski definition) is 0. The minimum atomic E-state index is 1.07. The average Bonchev–Trinajstić information content (AvgIpc) is 2.26. The van der Waals surface area contributed by atoms with Gasteiger partial charge in [0.15, 0.2) is 0 Å². The van der Waals surface area contributed by atoms with Gasteiger partial charge in [-0.1, -0.05) is 44.6 Å². The Bertz CT molecular complexity index is 166. The van der Waals surface area contributed by atoms with Crippen LogP contribution in [0.5, 0.6) is 0 Å². The minimum Gasteiger partial charge on any atom is -0.249 e. The molecule has 0 aliphatic rings. The normalized spacial score (nSPS) is 7.46. The van der Waals surface area contributed by atoms with Gasteiger partial charge >= 0.3 is 0 Å². The molecule has 0 aliphatic carbocycles. The van der Waals surface area contributed by atoms with Gasteiger partial charge in [-0.15, -0.1) is 0 Å². The fraction of sp³-hybridized carbons (Fsp3) is 0.500. The Morgan fingerprint density at radius 2 is 1.69 bits per heavy atom. The van der Waals surface area contributed by atoms with Crippen molar-refractivity contribution < 1.29 is 0 Å². The van der Waals surface area contributed by atoms with E-state index in [0.717, 1.165) is 5.03 Å². The smallest absolute Gasteiger partial charge is 0.106 e. The number of nitrogens with zero attached hydrogens (tertiary/aromatic N) is 1. The van der Waals surface area contributed by atoms with Gasteiger partial charge < -0.3 is 0 Å². The molecule has 13 heavy (non-hydrogen) atoms. The molecule has 3 heteroatoms. The van der Waals surface area contributed by atoms with E-state index in [0.29, 0.717) is 0 Å². The van der Waals surface area contributed by atoms with Gasteiger partial charge in [-0.25, -0.2) is 4.98 Å². The molecule has 1 aromatic heterocycles. The molecule has 1 nitrogen and oxygen atoms in total. The molecule has 0 spiro atoms. The van der Waals surface area contributed by atoms with Crippen molar-refractivity contribution in [1.82, 2.24) is 4.98 Å². The molecule has 1 rings (SSSR count). The molecule has 0 bridgehead atoms. The summed E-state index contributed by atoms with van der Waals surface area (Å²) in [5.41, 5.74) is 0. The molecule has 0 amide bonds. The molecule has 0 saturated heterocycles. The summed E-state index contributed by atoms with van der Waals surface area (Å²) < 4.78 is 0. The molecule has 1 aromatic rings. The van der Waals surface area contributed by atoms with Crippen LogP contribution in [0.4, 0.5) is 0 Å². The Kier molecular flexibility index (Phi) is 17.0. The highest BCUT2D eigenvalue weighted by Crippen LogP contribution is 2.25. The predicted molar refractivity (Wildman–Crippen MR) is 66.3 cm³/mol. The summed E-state index contributed by atoms with van der Waals surface area (Å²) in [6.07, 6.45) is 3.85. The third kappa shape index (κ3) is 9.77. The summed E-state index contributed by atoms with van der Waals surface area (Å²) in [6.45, 7) is 8.00. The summed E-state index contributed by atoms with van der Waals surface area (Å²) in [4.78, 5) is 4.11. The fourth-order valence-corrected chi connectivity index (χ4v) is 1.70. The molecule has 0 radical (unpaired) electrons. The van der Waals surface area contributed by atoms with Gasteiger partial charge in [0, 0.05) is 6.20 Å². The second-order valence-electron chi connectivity index (χ2n) is 1.42. The van der Waals surface area contributed by atoms with Crippen LogP contribution >= 0.6 is 21.6 Å². The zero-order chi connectivity index (χ0) is 10.5. The molecule has 76 valence electrons. The molecule has 0 unspecified atom stereocenters. The van der Waals surface area contributed by atoms with Crippen molar-refractivity contribution in [3.63, 3.8) is 0 Å². The summed E-state index contributed by atoms with van der Waals surface area (Å²) in [5, 5.41) is 1.07. The first-order valence-electron chi connectivity index (χ1n) is 4.55. The fourth-order valence-electron chi connectivity index (χ4n) is 0.482. The maximum atomic E-state index is 4.11. The van der Waals surface area contributed by atoms with Gasteiger partial charge in [-0.05, 0) is 29.2 Å². The monoisotopic (exact) mass is 217 g/mol. The molecule has 0 fully saturated rings. The lowest BCUT2D eigenvalue weighted by atomic mass is 10.5. The van der Waals surface area contributed by atoms with Crippen LogP contribution in [0.1, 0.15) is 27.7 Å². The lowest BCUT2D eigenvalue weighted by molar-refractivity contribution is 1.14. The van der Waals surface area contributed by atoms with Crippen LogP contribution in [0.3, 0.4) is 0 Å². The number of hydrogen-bond acceptors (Lipinski definition) is 3. The van der Waals surface area contributed by atoms with Gasteiger partial charge in [-0.2, -0.15) is 0 Å². The van der Waals surface area contributed by atoms with Gasteiger partial charge in [0.2, 0.25) is 0 Å². The van der Waals surface area contributed by atoms with Crippen molar-refractivity contribution in [2.75, 3.05) is 6.26 Å². The first kappa shape index (κ1) is 15.3. The number of pyridine rings is 1. The molecule has 0 aromatic carbocycles. The third-order valence-electron chi connectivity index (χ3n) is 0.806. The maximum absolute atomic E-state index is 4.11. The van der Waals surface area contributed by atoms with E-state index in [1.165, 1.54) is 0 Å². The van der Waals surface area contributed by atoms with Gasteiger partial charge in [0.1, 0.15) is 5.03 Å². The zero-order valence-electron chi connectivity index (χ0n) is 9.07. The minimum absolute atomic E-state index is 1.07. The molecule has 0 saturated carbocycles. The van der Waals surface area contributed by atoms with Gasteiger partial charge in [0.05, 0.1) is 0 Å². The molecular formula is C10H19NS2. The number of rotatable bonds is 2. The average molecular weight is 217 g/mol. The van der Waals surface area contributed by atoms with E-state index in [1.807, 2.05) is 52.1 Å². The third-order valence-corrected chi connectivity index (χ3v) is 2.40. The van der Waals surface area contributed by atoms with Crippen LogP contribution in [0, 0.1) is 0 Å². The van der Waals surface area contributed by atoms with Gasteiger partial charge in [0.25, 0.3) is 0 Å². The van der Waals surface area contributed by atoms with E-state index in [1.54, 1.807) is 27.8 Å². The number of aromatic nitrogens is 1. The second-order valence-corrected chi connectivity index (χ2v) is 3.84. The van der Waals surface area contributed by atoms with Gasteiger partial charge in [-0.3, -0.25) is 0 Å². The van der Waals surface area contributed by atoms with Crippen molar-refractivity contribution in [3.05, 3.63) is 24.4 Å². The Hall–Kier alpha value is -0.150. The van der Waals surface area contributed by atoms with E-state index in [2.05, 4.69) is 4.98 Å². The lowest BCUT2D eigenvalue weighted by Gasteiger charge is -1.91. The first-order chi connectivity index (χ1) is 6.43. The van der Waals surface area contributed by atoms with Crippen molar-refractivity contribution in [3.8, 4) is 0 Å². The van der Waals surface area contributed by atoms with Crippen LogP contribution < -0.4 is 0 Å². The molecule has 0 N–H and O–H groups in total. The molecule has 0 aliphatic heterocycles. The van der Waals surface area contributed by atoms with Crippen molar-refractivity contribution in [2.24, 2.45) is 0 Å². The molecule has 0 atom stereocenters. The maximum Gasteiger partial charge on any atom is 0.106 e. The lowest BCUT2D eigenvalue weighted by Crippen LogP contribution is -1.71. The summed E-state index contributed by atoms with van der Waals surface area (Å²) >= 11 is 0. The van der Waals surface area contributed by atoms with E-state index in [4.69, 9.17) is 0 Å². The highest BCUT2D eigenvalue weighted by Gasteiger charge is 1.87. The highest BCUT2D eigenvalue weighted by atomic mass is 33.1. The second kappa shape index (κ2) is 14.4. The molecule has 1 heterocycles. The SMILES string of the molecule is CC.CC.CSSc1ccccn1. The summed E-state index contributed by atoms with van der Waals surface area (Å²) in [5.74, 6) is 0. The standard InChI is InChI=1S/C6H7NS2.2C2H6/c1-8-9-6-4-2-3-5-7-6;2*1-2/h2-5H,1H3;2*1-2H3. The quantitative estimate of drug-likeness (QED) is 0.677. The van der Waals surface area contributed by atoms with Crippen LogP contribution in [-0.4, -0.2) is 11.2 Å². The first-order valence-corrected chi connectivity index (χ1v) is 7.11. The summed E-state index contributed by atoms with van der Waals surface area (Å²) in [6, 6.07) is 5.91. The Morgan fingerprint density at radius 1 is 1.08 bits per heavy atom. The van der Waals surface area contributed by atoms with Crippen molar-refractivity contribution >= 4 is 21.6 Å². The van der Waals surface area contributed by atoms with Crippen molar-refractivity contribution in [1.29, 1.82) is 0 Å². The topological polar surface area (TPSA) is 12.9 Å². The van der Waals surface area contributed by atoms with Crippen LogP contribution in [0.25, 0.3) is 0 Å². The predicted octanol–water partition coefficient (Wildman–Crippen LogP) is 4.50. The van der Waals surface area contributed by atoms with Crippen LogP contribution in [0.2, 0.25) is 0 Å². The van der Waals surface area contributed by atoms with Crippen LogP contribution in [0.15, 0.2) is 29.4 Å². The zero-order valence-corrected chi connectivity index (χ0v) is 10.7. The van der Waals surface area contributed by atoms with E-state index >= 15 is 0 Å². The van der Waals surface area contributed by atoms with E-state index in [-0.39, 0.29) is 0 Å². The highest BCUT2D eigenvalue weighted by molar-refractivity contribution is 8.76. The van der Waals surface area contributed by atoms with Crippen LogP contribution in [-0.2, 0) is 0 Å². The Morgan fingerprint density at radius 3 is 2.08 bits per heavy atom.